The lowest BCUT2D eigenvalue weighted by Gasteiger charge is -2.39. The molecule has 0 spiro atoms. The molecule has 1 saturated heterocycles. The van der Waals surface area contributed by atoms with Crippen molar-refractivity contribution >= 4 is 29.4 Å². The Hall–Kier alpha value is -2.90. The summed E-state index contributed by atoms with van der Waals surface area (Å²) in [6.07, 6.45) is 0. The van der Waals surface area contributed by atoms with Gasteiger partial charge in [0.25, 0.3) is 0 Å². The number of rotatable bonds is 5. The summed E-state index contributed by atoms with van der Waals surface area (Å²) in [5, 5.41) is 3.43. The van der Waals surface area contributed by atoms with Crippen LogP contribution in [0.15, 0.2) is 59.6 Å². The topological polar surface area (TPSA) is 74.2 Å². The first-order valence-corrected chi connectivity index (χ1v) is 11.2. The molecule has 2 atom stereocenters. The number of ether oxygens (including phenoxy) is 1. The number of benzene rings is 2. The molecule has 0 aliphatic carbocycles. The number of carbonyl (C=O) groups is 2. The fourth-order valence-electron chi connectivity index (χ4n) is 4.08. The van der Waals surface area contributed by atoms with Gasteiger partial charge in [0.05, 0.1) is 6.61 Å². The number of halogens is 1. The van der Waals surface area contributed by atoms with E-state index in [1.165, 1.54) is 5.56 Å². The third-order valence-corrected chi connectivity index (χ3v) is 6.02. The second-order valence-electron chi connectivity index (χ2n) is 7.92. The van der Waals surface area contributed by atoms with Crippen molar-refractivity contribution in [1.82, 2.24) is 15.1 Å². The van der Waals surface area contributed by atoms with Gasteiger partial charge in [-0.05, 0) is 30.2 Å². The average Bonchev–Trinajstić information content (AvgIpc) is 2.80. The van der Waals surface area contributed by atoms with Crippen LogP contribution >= 0.6 is 11.6 Å². The van der Waals surface area contributed by atoms with E-state index in [0.29, 0.717) is 11.0 Å². The van der Waals surface area contributed by atoms with Gasteiger partial charge in [0, 0.05) is 37.7 Å². The van der Waals surface area contributed by atoms with Gasteiger partial charge < -0.3 is 9.64 Å². The number of nitrogens with one attached hydrogen (secondary N) is 1. The van der Waals surface area contributed by atoms with Crippen LogP contribution in [0.5, 0.6) is 0 Å². The highest BCUT2D eigenvalue weighted by atomic mass is 35.5. The van der Waals surface area contributed by atoms with E-state index in [2.05, 4.69) is 39.4 Å². The minimum atomic E-state index is -1.03. The highest BCUT2D eigenvalue weighted by Crippen LogP contribution is 2.31. The Bertz CT molecular complexity index is 972. The number of hydrogen-bond acceptors (Lipinski definition) is 6. The molecule has 0 aromatic heterocycles. The first-order valence-electron chi connectivity index (χ1n) is 10.9. The van der Waals surface area contributed by atoms with Gasteiger partial charge in [-0.1, -0.05) is 54.1 Å². The zero-order valence-electron chi connectivity index (χ0n) is 18.0. The zero-order valence-corrected chi connectivity index (χ0v) is 18.8. The van der Waals surface area contributed by atoms with Crippen molar-refractivity contribution in [2.24, 2.45) is 10.9 Å². The van der Waals surface area contributed by atoms with Crippen molar-refractivity contribution in [2.45, 2.75) is 19.5 Å². The maximum Gasteiger partial charge on any atom is 0.321 e. The molecule has 1 amide bonds. The molecular weight excluding hydrogens is 428 g/mol. The van der Waals surface area contributed by atoms with Crippen molar-refractivity contribution in [3.63, 3.8) is 0 Å². The lowest BCUT2D eigenvalue weighted by molar-refractivity contribution is -0.153. The Kier molecular flexibility index (Phi) is 7.07. The number of amides is 1. The van der Waals surface area contributed by atoms with Gasteiger partial charge in [-0.2, -0.15) is 0 Å². The Morgan fingerprint density at radius 3 is 2.44 bits per heavy atom. The average molecular weight is 455 g/mol. The molecule has 2 heterocycles. The molecule has 2 aromatic rings. The summed E-state index contributed by atoms with van der Waals surface area (Å²) in [6.45, 7) is 6.02. The largest absolute Gasteiger partial charge is 0.465 e. The van der Waals surface area contributed by atoms with Crippen LogP contribution in [-0.4, -0.2) is 60.4 Å². The minimum absolute atomic E-state index is 0.204. The van der Waals surface area contributed by atoms with E-state index in [9.17, 15) is 9.59 Å². The molecular formula is C24H27ClN4O3. The maximum absolute atomic E-state index is 13.0. The van der Waals surface area contributed by atoms with Crippen LogP contribution in [-0.2, 0) is 20.9 Å². The van der Waals surface area contributed by atoms with E-state index >= 15 is 0 Å². The predicted molar refractivity (Wildman–Crippen MR) is 123 cm³/mol. The summed E-state index contributed by atoms with van der Waals surface area (Å²) in [4.78, 5) is 34.8. The molecule has 2 aliphatic rings. The second-order valence-corrected chi connectivity index (χ2v) is 8.35. The van der Waals surface area contributed by atoms with Crippen LogP contribution in [0.2, 0.25) is 5.02 Å². The van der Waals surface area contributed by atoms with Gasteiger partial charge in [-0.25, -0.2) is 4.99 Å². The number of guanidine groups is 1. The summed E-state index contributed by atoms with van der Waals surface area (Å²) in [7, 11) is 0. The van der Waals surface area contributed by atoms with Gasteiger partial charge in [-0.15, -0.1) is 0 Å². The predicted octanol–water partition coefficient (Wildman–Crippen LogP) is 2.86. The van der Waals surface area contributed by atoms with E-state index < -0.39 is 17.9 Å². The zero-order chi connectivity index (χ0) is 22.5. The SMILES string of the molecule is CCOC(=O)[C@@H]1C(=O)NC(N2CCN(Cc3ccccc3)CC2)=N[C@@H]1c1ccc(Cl)cc1. The van der Waals surface area contributed by atoms with Crippen LogP contribution in [0, 0.1) is 5.92 Å². The molecule has 0 unspecified atom stereocenters. The van der Waals surface area contributed by atoms with Gasteiger partial charge in [-0.3, -0.25) is 19.8 Å². The van der Waals surface area contributed by atoms with E-state index in [-0.39, 0.29) is 12.5 Å². The Balaban J connectivity index is 1.51. The number of carbonyl (C=O) groups excluding carboxylic acids is 2. The maximum atomic E-state index is 13.0. The molecule has 32 heavy (non-hydrogen) atoms. The highest BCUT2D eigenvalue weighted by Gasteiger charge is 2.42. The van der Waals surface area contributed by atoms with E-state index in [1.54, 1.807) is 31.2 Å². The molecule has 1 fully saturated rings. The molecule has 7 nitrogen and oxygen atoms in total. The van der Waals surface area contributed by atoms with Crippen LogP contribution in [0.1, 0.15) is 24.1 Å². The van der Waals surface area contributed by atoms with Crippen molar-refractivity contribution in [1.29, 1.82) is 0 Å². The van der Waals surface area contributed by atoms with Crippen molar-refractivity contribution in [3.05, 3.63) is 70.7 Å². The normalized spacial score (nSPS) is 21.6. The molecule has 4 rings (SSSR count). The summed E-state index contributed by atoms with van der Waals surface area (Å²) >= 11 is 6.03. The van der Waals surface area contributed by atoms with Crippen LogP contribution in [0.3, 0.4) is 0 Å². The first-order chi connectivity index (χ1) is 15.5. The molecule has 2 aromatic carbocycles. The summed E-state index contributed by atoms with van der Waals surface area (Å²) in [5.74, 6) is -1.48. The van der Waals surface area contributed by atoms with Crippen molar-refractivity contribution in [2.75, 3.05) is 32.8 Å². The van der Waals surface area contributed by atoms with Gasteiger partial charge in [0.1, 0.15) is 6.04 Å². The number of aliphatic imine (C=N–C) groups is 1. The quantitative estimate of drug-likeness (QED) is 0.555. The Morgan fingerprint density at radius 2 is 1.78 bits per heavy atom. The molecule has 2 aliphatic heterocycles. The molecule has 0 radical (unpaired) electrons. The van der Waals surface area contributed by atoms with Crippen molar-refractivity contribution < 1.29 is 14.3 Å². The van der Waals surface area contributed by atoms with Crippen LogP contribution in [0.4, 0.5) is 0 Å². The number of piperazine rings is 1. The third kappa shape index (κ3) is 5.11. The molecule has 1 N–H and O–H groups in total. The van der Waals surface area contributed by atoms with Crippen LogP contribution < -0.4 is 5.32 Å². The number of esters is 1. The molecule has 168 valence electrons. The lowest BCUT2D eigenvalue weighted by Crippen LogP contribution is -2.57. The second kappa shape index (κ2) is 10.1. The highest BCUT2D eigenvalue weighted by molar-refractivity contribution is 6.30. The van der Waals surface area contributed by atoms with E-state index in [4.69, 9.17) is 21.3 Å². The Morgan fingerprint density at radius 1 is 1.09 bits per heavy atom. The summed E-state index contributed by atoms with van der Waals surface area (Å²) < 4.78 is 5.16. The van der Waals surface area contributed by atoms with Crippen molar-refractivity contribution in [3.8, 4) is 0 Å². The van der Waals surface area contributed by atoms with Crippen LogP contribution in [0.25, 0.3) is 0 Å². The fourth-order valence-corrected chi connectivity index (χ4v) is 4.21. The van der Waals surface area contributed by atoms with E-state index in [1.807, 2.05) is 6.07 Å². The fraction of sp³-hybridized carbons (Fsp3) is 0.375. The summed E-state index contributed by atoms with van der Waals surface area (Å²) in [6, 6.07) is 16.8. The third-order valence-electron chi connectivity index (χ3n) is 5.77. The first kappa shape index (κ1) is 22.3. The number of hydrogen-bond donors (Lipinski definition) is 1. The smallest absolute Gasteiger partial charge is 0.321 e. The molecule has 8 heteroatoms. The molecule has 0 bridgehead atoms. The van der Waals surface area contributed by atoms with Gasteiger partial charge in [0.2, 0.25) is 11.9 Å². The van der Waals surface area contributed by atoms with Gasteiger partial charge in [0.15, 0.2) is 5.92 Å². The summed E-state index contributed by atoms with van der Waals surface area (Å²) in [5.41, 5.74) is 2.03. The van der Waals surface area contributed by atoms with Gasteiger partial charge >= 0.3 is 5.97 Å². The lowest BCUT2D eigenvalue weighted by atomic mass is 9.91. The minimum Gasteiger partial charge on any atom is -0.465 e. The standard InChI is InChI=1S/C24H27ClN4O3/c1-2-32-23(31)20-21(18-8-10-19(25)11-9-18)26-24(27-22(20)30)29-14-12-28(13-15-29)16-17-6-4-3-5-7-17/h3-11,20-21H,2,12-16H2,1H3,(H,26,27,30)/t20-,21+/m0/s1. The number of nitrogens with zero attached hydrogens (tertiary/aromatic N) is 3. The molecule has 0 saturated carbocycles. The monoisotopic (exact) mass is 454 g/mol. The van der Waals surface area contributed by atoms with E-state index in [0.717, 1.165) is 38.3 Å². The Labute approximate surface area is 193 Å².